The molecule has 1 atom stereocenters. The molecule has 1 unspecified atom stereocenters. The fourth-order valence-corrected chi connectivity index (χ4v) is 6.24. The highest BCUT2D eigenvalue weighted by molar-refractivity contribution is 5.41. The van der Waals surface area contributed by atoms with Crippen LogP contribution in [0.2, 0.25) is 0 Å². The minimum atomic E-state index is -1.73. The van der Waals surface area contributed by atoms with Crippen LogP contribution in [-0.2, 0) is 12.1 Å². The van der Waals surface area contributed by atoms with E-state index >= 15 is 0 Å². The molecule has 2 bridgehead atoms. The number of quaternary nitrogens is 1. The van der Waals surface area contributed by atoms with E-state index in [0.29, 0.717) is 41.9 Å². The number of hydrogen-bond acceptors (Lipinski definition) is 4. The van der Waals surface area contributed by atoms with Crippen molar-refractivity contribution in [2.75, 3.05) is 26.2 Å². The number of benzene rings is 3. The second kappa shape index (κ2) is 9.77. The van der Waals surface area contributed by atoms with Crippen LogP contribution in [0, 0.1) is 17.7 Å². The Morgan fingerprint density at radius 1 is 0.946 bits per heavy atom. The van der Waals surface area contributed by atoms with Crippen molar-refractivity contribution in [1.82, 2.24) is 4.98 Å². The lowest BCUT2D eigenvalue weighted by Gasteiger charge is -2.52. The largest absolute Gasteiger partial charge is 0.836 e. The molecule has 0 N–H and O–H groups in total. The molecule has 37 heavy (non-hydrogen) atoms. The SMILES string of the molecule is [O-]C(c1ccccc1)(c1ccccc1)c1ncc(C[N+]23CCC(CC2)C(COc2cccc(F)c2)C3)o1. The van der Waals surface area contributed by atoms with Crippen LogP contribution in [0.1, 0.15) is 35.6 Å². The van der Waals surface area contributed by atoms with Crippen molar-refractivity contribution in [1.29, 1.82) is 0 Å². The maximum absolute atomic E-state index is 14.5. The zero-order valence-corrected chi connectivity index (χ0v) is 20.8. The third-order valence-corrected chi connectivity index (χ3v) is 8.20. The lowest BCUT2D eigenvalue weighted by atomic mass is 9.77. The maximum Gasteiger partial charge on any atom is 0.193 e. The van der Waals surface area contributed by atoms with Gasteiger partial charge in [-0.15, -0.1) is 0 Å². The van der Waals surface area contributed by atoms with Gasteiger partial charge in [0.25, 0.3) is 0 Å². The molecule has 3 fully saturated rings. The van der Waals surface area contributed by atoms with Crippen molar-refractivity contribution >= 4 is 0 Å². The van der Waals surface area contributed by atoms with E-state index in [4.69, 9.17) is 9.15 Å². The van der Waals surface area contributed by atoms with Gasteiger partial charge in [-0.1, -0.05) is 66.7 Å². The van der Waals surface area contributed by atoms with E-state index in [9.17, 15) is 9.50 Å². The molecule has 3 aromatic carbocycles. The Morgan fingerprint density at radius 3 is 2.27 bits per heavy atom. The molecule has 3 aliphatic heterocycles. The third kappa shape index (κ3) is 4.67. The van der Waals surface area contributed by atoms with Crippen LogP contribution in [-0.4, -0.2) is 35.7 Å². The minimum absolute atomic E-state index is 0.177. The third-order valence-electron chi connectivity index (χ3n) is 8.20. The summed E-state index contributed by atoms with van der Waals surface area (Å²) in [7, 11) is 0. The highest BCUT2D eigenvalue weighted by atomic mass is 19.1. The van der Waals surface area contributed by atoms with E-state index in [1.54, 1.807) is 18.3 Å². The van der Waals surface area contributed by atoms with Crippen molar-refractivity contribution in [3.05, 3.63) is 120 Å². The molecule has 0 aliphatic carbocycles. The van der Waals surface area contributed by atoms with Crippen LogP contribution >= 0.6 is 0 Å². The van der Waals surface area contributed by atoms with Crippen LogP contribution < -0.4 is 9.84 Å². The first-order valence-corrected chi connectivity index (χ1v) is 13.0. The van der Waals surface area contributed by atoms with Gasteiger partial charge in [0.05, 0.1) is 32.4 Å². The van der Waals surface area contributed by atoms with Crippen molar-refractivity contribution in [2.45, 2.75) is 25.0 Å². The van der Waals surface area contributed by atoms with E-state index in [1.165, 1.54) is 12.1 Å². The van der Waals surface area contributed by atoms with Crippen molar-refractivity contribution in [3.63, 3.8) is 0 Å². The van der Waals surface area contributed by atoms with Crippen LogP contribution in [0.15, 0.2) is 95.5 Å². The second-order valence-corrected chi connectivity index (χ2v) is 10.5. The molecule has 3 saturated heterocycles. The van der Waals surface area contributed by atoms with Crippen LogP contribution in [0.3, 0.4) is 0 Å². The Hall–Kier alpha value is -3.48. The normalized spacial score (nSPS) is 23.2. The lowest BCUT2D eigenvalue weighted by Crippen LogP contribution is -2.62. The standard InChI is InChI=1S/C31H31FN2O3/c32-27-12-7-13-28(18-27)36-22-24-20-34(16-14-23(24)15-17-34)21-29-19-33-30(37-29)31(35,25-8-3-1-4-9-25)26-10-5-2-6-11-26/h1-13,18-19,23-24H,14-17,20-22H2. The summed E-state index contributed by atoms with van der Waals surface area (Å²) in [5.74, 6) is 2.25. The van der Waals surface area contributed by atoms with Gasteiger partial charge in [0.2, 0.25) is 0 Å². The smallest absolute Gasteiger partial charge is 0.193 e. The van der Waals surface area contributed by atoms with Crippen molar-refractivity contribution in [2.24, 2.45) is 11.8 Å². The summed E-state index contributed by atoms with van der Waals surface area (Å²) in [6.45, 7) is 4.43. The predicted octanol–water partition coefficient (Wildman–Crippen LogP) is 4.90. The highest BCUT2D eigenvalue weighted by Gasteiger charge is 2.46. The van der Waals surface area contributed by atoms with Gasteiger partial charge in [0, 0.05) is 30.4 Å². The Morgan fingerprint density at radius 2 is 1.62 bits per heavy atom. The van der Waals surface area contributed by atoms with Gasteiger partial charge in [0.1, 0.15) is 18.1 Å². The van der Waals surface area contributed by atoms with Gasteiger partial charge in [-0.3, -0.25) is 0 Å². The highest BCUT2D eigenvalue weighted by Crippen LogP contribution is 2.40. The molecule has 0 radical (unpaired) electrons. The fraction of sp³-hybridized carbons (Fsp3) is 0.323. The molecule has 0 saturated carbocycles. The Balaban J connectivity index is 1.22. The zero-order valence-electron chi connectivity index (χ0n) is 20.8. The molecule has 4 heterocycles. The summed E-state index contributed by atoms with van der Waals surface area (Å²) in [5.41, 5.74) is -0.512. The first kappa shape index (κ1) is 23.9. The fourth-order valence-electron chi connectivity index (χ4n) is 6.24. The predicted molar refractivity (Wildman–Crippen MR) is 136 cm³/mol. The number of halogens is 1. The van der Waals surface area contributed by atoms with Gasteiger partial charge < -0.3 is 18.7 Å². The number of fused-ring (bicyclic) bond motifs is 3. The van der Waals surface area contributed by atoms with E-state index in [-0.39, 0.29) is 11.7 Å². The maximum atomic E-state index is 14.5. The van der Waals surface area contributed by atoms with Crippen molar-refractivity contribution < 1.29 is 23.1 Å². The summed E-state index contributed by atoms with van der Waals surface area (Å²) in [6.07, 6.45) is 4.01. The molecule has 0 spiro atoms. The van der Waals surface area contributed by atoms with Gasteiger partial charge in [-0.05, 0) is 29.2 Å². The average Bonchev–Trinajstić information content (AvgIpc) is 3.41. The summed E-state index contributed by atoms with van der Waals surface area (Å²) in [4.78, 5) is 4.54. The Kier molecular flexibility index (Phi) is 6.31. The number of aromatic nitrogens is 1. The van der Waals surface area contributed by atoms with E-state index < -0.39 is 5.60 Å². The van der Waals surface area contributed by atoms with Crippen LogP contribution in [0.5, 0.6) is 5.75 Å². The topological polar surface area (TPSA) is 58.3 Å². The zero-order chi connectivity index (χ0) is 25.3. The van der Waals surface area contributed by atoms with Gasteiger partial charge in [-0.25, -0.2) is 9.37 Å². The van der Waals surface area contributed by atoms with Crippen LogP contribution in [0.4, 0.5) is 4.39 Å². The van der Waals surface area contributed by atoms with Crippen molar-refractivity contribution in [3.8, 4) is 5.75 Å². The summed E-state index contributed by atoms with van der Waals surface area (Å²) < 4.78 is 26.7. The molecule has 1 aromatic heterocycles. The molecular weight excluding hydrogens is 467 g/mol. The monoisotopic (exact) mass is 498 g/mol. The first-order chi connectivity index (χ1) is 18.0. The quantitative estimate of drug-likeness (QED) is 0.324. The molecule has 7 rings (SSSR count). The van der Waals surface area contributed by atoms with E-state index in [2.05, 4.69) is 4.98 Å². The average molecular weight is 499 g/mol. The number of rotatable bonds is 8. The summed E-state index contributed by atoms with van der Waals surface area (Å²) in [6, 6.07) is 25.0. The Labute approximate surface area is 216 Å². The first-order valence-electron chi connectivity index (χ1n) is 13.0. The lowest BCUT2D eigenvalue weighted by molar-refractivity contribution is -0.960. The van der Waals surface area contributed by atoms with Gasteiger partial charge in [0.15, 0.2) is 11.7 Å². The minimum Gasteiger partial charge on any atom is -0.836 e. The molecule has 5 nitrogen and oxygen atoms in total. The van der Waals surface area contributed by atoms with Gasteiger partial charge >= 0.3 is 0 Å². The number of oxazole rings is 1. The number of nitrogens with zero attached hydrogens (tertiary/aromatic N) is 2. The van der Waals surface area contributed by atoms with Gasteiger partial charge in [-0.2, -0.15) is 0 Å². The summed E-state index contributed by atoms with van der Waals surface area (Å²) in [5, 5.41) is 14.5. The van der Waals surface area contributed by atoms with E-state index in [1.807, 2.05) is 60.7 Å². The number of piperidine rings is 3. The van der Waals surface area contributed by atoms with E-state index in [0.717, 1.165) is 42.7 Å². The molecule has 4 aromatic rings. The second-order valence-electron chi connectivity index (χ2n) is 10.5. The molecular formula is C31H31FN2O3. The Bertz CT molecular complexity index is 1290. The van der Waals surface area contributed by atoms with Crippen LogP contribution in [0.25, 0.3) is 0 Å². The molecule has 3 aliphatic rings. The molecule has 6 heteroatoms. The number of ether oxygens (including phenoxy) is 1. The molecule has 0 amide bonds. The number of hydrogen-bond donors (Lipinski definition) is 0. The molecule has 190 valence electrons. The summed E-state index contributed by atoms with van der Waals surface area (Å²) >= 11 is 0.